The van der Waals surface area contributed by atoms with Gasteiger partial charge in [-0.05, 0) is 115 Å². The van der Waals surface area contributed by atoms with Crippen LogP contribution in [0.5, 0.6) is 0 Å². The van der Waals surface area contributed by atoms with Crippen LogP contribution in [0.25, 0.3) is 43.9 Å². The van der Waals surface area contributed by atoms with Gasteiger partial charge in [0.1, 0.15) is 0 Å². The average Bonchev–Trinajstić information content (AvgIpc) is 2.89. The second kappa shape index (κ2) is 8.03. The topological polar surface area (TPSA) is 12.9 Å². The van der Waals surface area contributed by atoms with Crippen LogP contribution < -0.4 is 0 Å². The van der Waals surface area contributed by atoms with E-state index in [0.29, 0.717) is 0 Å². The molecule has 0 radical (unpaired) electrons. The molecule has 0 N–H and O–H groups in total. The van der Waals surface area contributed by atoms with Crippen molar-refractivity contribution in [2.45, 2.75) is 78.1 Å². The lowest BCUT2D eigenvalue weighted by Crippen LogP contribution is -2.18. The van der Waals surface area contributed by atoms with Crippen molar-refractivity contribution in [3.8, 4) is 22.4 Å². The summed E-state index contributed by atoms with van der Waals surface area (Å²) in [4.78, 5) is 4.96. The van der Waals surface area contributed by atoms with Gasteiger partial charge >= 0.3 is 0 Å². The minimum Gasteiger partial charge on any atom is -0.256 e. The minimum atomic E-state index is 0.143. The second-order valence-electron chi connectivity index (χ2n) is 13.6. The highest BCUT2D eigenvalue weighted by atomic mass is 14.7. The predicted molar refractivity (Wildman–Crippen MR) is 162 cm³/mol. The fourth-order valence-electron chi connectivity index (χ4n) is 6.77. The van der Waals surface area contributed by atoms with Crippen LogP contribution in [0.2, 0.25) is 0 Å². The summed E-state index contributed by atoms with van der Waals surface area (Å²) in [6, 6.07) is 23.6. The van der Waals surface area contributed by atoms with E-state index in [1.165, 1.54) is 54.9 Å². The third-order valence-electron chi connectivity index (χ3n) is 8.95. The summed E-state index contributed by atoms with van der Waals surface area (Å²) in [7, 11) is 0. The summed E-state index contributed by atoms with van der Waals surface area (Å²) in [5.41, 5.74) is 14.8. The van der Waals surface area contributed by atoms with Crippen molar-refractivity contribution < 1.29 is 0 Å². The normalized spacial score (nSPS) is 14.7. The highest BCUT2D eigenvalue weighted by Crippen LogP contribution is 2.46. The van der Waals surface area contributed by atoms with E-state index in [1.54, 1.807) is 16.7 Å². The molecule has 0 aliphatic heterocycles. The first-order valence-electron chi connectivity index (χ1n) is 14.2. The van der Waals surface area contributed by atoms with Gasteiger partial charge < -0.3 is 0 Å². The van der Waals surface area contributed by atoms with Crippen molar-refractivity contribution in [3.63, 3.8) is 0 Å². The Morgan fingerprint density at radius 3 is 1.66 bits per heavy atom. The van der Waals surface area contributed by atoms with Crippen LogP contribution in [0, 0.1) is 0 Å². The molecule has 0 saturated carbocycles. The SMILES string of the molecule is CC(C)(C)c1cc2c3c(c1)CCc1cc(-c4nccc5c4ccc4cc(C(C)(C)C)ccc45)cc(c1-3)CC2. The molecule has 5 aromatic rings. The van der Waals surface area contributed by atoms with Crippen LogP contribution in [0.15, 0.2) is 66.9 Å². The largest absolute Gasteiger partial charge is 0.256 e. The Hall–Kier alpha value is -3.45. The number of aromatic nitrogens is 1. The molecule has 1 heterocycles. The van der Waals surface area contributed by atoms with Crippen molar-refractivity contribution in [2.75, 3.05) is 0 Å². The molecule has 190 valence electrons. The fraction of sp³-hybridized carbons (Fsp3) is 0.324. The molecule has 0 bridgehead atoms. The van der Waals surface area contributed by atoms with E-state index in [1.807, 2.05) is 6.20 Å². The molecule has 0 atom stereocenters. The second-order valence-corrected chi connectivity index (χ2v) is 13.6. The van der Waals surface area contributed by atoms with Gasteiger partial charge in [0.25, 0.3) is 0 Å². The summed E-state index contributed by atoms with van der Waals surface area (Å²) in [6.07, 6.45) is 6.48. The molecule has 2 aliphatic rings. The molecule has 4 aromatic carbocycles. The number of hydrogen-bond donors (Lipinski definition) is 0. The Balaban J connectivity index is 1.39. The molecule has 2 aliphatic carbocycles. The van der Waals surface area contributed by atoms with Crippen molar-refractivity contribution in [2.24, 2.45) is 0 Å². The van der Waals surface area contributed by atoms with Gasteiger partial charge in [0.05, 0.1) is 5.69 Å². The minimum absolute atomic E-state index is 0.143. The summed E-state index contributed by atoms with van der Waals surface area (Å²) < 4.78 is 0. The zero-order valence-corrected chi connectivity index (χ0v) is 23.6. The van der Waals surface area contributed by atoms with E-state index in [9.17, 15) is 0 Å². The van der Waals surface area contributed by atoms with Crippen LogP contribution in [0.4, 0.5) is 0 Å². The van der Waals surface area contributed by atoms with Gasteiger partial charge in [-0.3, -0.25) is 4.98 Å². The molecule has 7 rings (SSSR count). The third kappa shape index (κ3) is 3.62. The molecule has 0 saturated heterocycles. The van der Waals surface area contributed by atoms with Crippen LogP contribution in [-0.2, 0) is 36.5 Å². The monoisotopic (exact) mass is 495 g/mol. The van der Waals surface area contributed by atoms with Crippen LogP contribution in [-0.4, -0.2) is 4.98 Å². The smallest absolute Gasteiger partial charge is 0.0780 e. The van der Waals surface area contributed by atoms with Gasteiger partial charge in [-0.1, -0.05) is 84.0 Å². The number of nitrogens with zero attached hydrogens (tertiary/aromatic N) is 1. The number of benzene rings is 4. The Kier molecular flexibility index (Phi) is 5.00. The first kappa shape index (κ1) is 23.7. The first-order valence-corrected chi connectivity index (χ1v) is 14.2. The van der Waals surface area contributed by atoms with Crippen molar-refractivity contribution in [1.82, 2.24) is 4.98 Å². The van der Waals surface area contributed by atoms with Gasteiger partial charge in [0, 0.05) is 17.1 Å². The Bertz CT molecular complexity index is 1720. The summed E-state index contributed by atoms with van der Waals surface area (Å²) in [6.45, 7) is 13.9. The van der Waals surface area contributed by atoms with Crippen molar-refractivity contribution in [3.05, 3.63) is 100 Å². The molecule has 1 nitrogen and oxygen atoms in total. The quantitative estimate of drug-likeness (QED) is 0.211. The van der Waals surface area contributed by atoms with E-state index in [2.05, 4.69) is 102 Å². The highest BCUT2D eigenvalue weighted by molar-refractivity contribution is 6.11. The summed E-state index contributed by atoms with van der Waals surface area (Å²) in [5, 5.41) is 5.16. The zero-order chi connectivity index (χ0) is 26.4. The maximum absolute atomic E-state index is 4.96. The van der Waals surface area contributed by atoms with Crippen LogP contribution >= 0.6 is 0 Å². The molecule has 0 fully saturated rings. The summed E-state index contributed by atoms with van der Waals surface area (Å²) in [5.74, 6) is 0. The zero-order valence-electron chi connectivity index (χ0n) is 23.6. The number of fused-ring (bicyclic) bond motifs is 3. The van der Waals surface area contributed by atoms with Gasteiger partial charge in [0.15, 0.2) is 0 Å². The van der Waals surface area contributed by atoms with E-state index in [-0.39, 0.29) is 10.8 Å². The molecule has 0 amide bonds. The summed E-state index contributed by atoms with van der Waals surface area (Å²) >= 11 is 0. The van der Waals surface area contributed by atoms with Crippen molar-refractivity contribution in [1.29, 1.82) is 0 Å². The number of aryl methyl sites for hydroxylation is 4. The molecule has 1 heteroatoms. The van der Waals surface area contributed by atoms with Crippen LogP contribution in [0.3, 0.4) is 0 Å². The predicted octanol–water partition coefficient (Wildman–Crippen LogP) is 9.51. The Morgan fingerprint density at radius 2 is 1.08 bits per heavy atom. The van der Waals surface area contributed by atoms with E-state index >= 15 is 0 Å². The lowest BCUT2D eigenvalue weighted by atomic mass is 9.72. The van der Waals surface area contributed by atoms with Crippen molar-refractivity contribution >= 4 is 21.5 Å². The number of hydrogen-bond acceptors (Lipinski definition) is 1. The van der Waals surface area contributed by atoms with Gasteiger partial charge in [-0.2, -0.15) is 0 Å². The van der Waals surface area contributed by atoms with E-state index in [0.717, 1.165) is 31.4 Å². The van der Waals surface area contributed by atoms with Crippen LogP contribution in [0.1, 0.15) is 74.9 Å². The third-order valence-corrected chi connectivity index (χ3v) is 8.95. The number of rotatable bonds is 1. The molecule has 0 unspecified atom stereocenters. The van der Waals surface area contributed by atoms with Gasteiger partial charge in [-0.25, -0.2) is 0 Å². The molecular formula is C37H37N. The standard InChI is InChI=1S/C37H37N/c1-36(2,3)28-12-14-30-22(19-28)11-13-32-31(30)15-16-38-35(32)27-17-23-7-9-25-20-29(37(4,5)6)21-26-10-8-24(18-27)33(23)34(25)26/h11-21H,7-10H2,1-6H3. The maximum atomic E-state index is 4.96. The highest BCUT2D eigenvalue weighted by Gasteiger charge is 2.29. The average molecular weight is 496 g/mol. The molecule has 1 aromatic heterocycles. The fourth-order valence-corrected chi connectivity index (χ4v) is 6.77. The molecular weight excluding hydrogens is 458 g/mol. The van der Waals surface area contributed by atoms with E-state index in [4.69, 9.17) is 4.98 Å². The van der Waals surface area contributed by atoms with E-state index < -0.39 is 0 Å². The van der Waals surface area contributed by atoms with Gasteiger partial charge in [-0.15, -0.1) is 0 Å². The molecule has 38 heavy (non-hydrogen) atoms. The maximum Gasteiger partial charge on any atom is 0.0780 e. The number of pyridine rings is 1. The van der Waals surface area contributed by atoms with Gasteiger partial charge in [0.2, 0.25) is 0 Å². The molecule has 0 spiro atoms. The first-order chi connectivity index (χ1) is 18.1. The lowest BCUT2D eigenvalue weighted by molar-refractivity contribution is 0.587. The lowest BCUT2D eigenvalue weighted by Gasteiger charge is -2.32. The Labute approximate surface area is 226 Å². The Morgan fingerprint density at radius 1 is 0.526 bits per heavy atom.